The molecule has 5 heteroatoms. The Morgan fingerprint density at radius 3 is 2.45 bits per heavy atom. The zero-order valence-corrected chi connectivity index (χ0v) is 6.80. The van der Waals surface area contributed by atoms with E-state index in [0.717, 1.165) is 0 Å². The highest BCUT2D eigenvalue weighted by Gasteiger charge is 2.14. The van der Waals surface area contributed by atoms with Gasteiger partial charge in [-0.25, -0.2) is 0 Å². The monoisotopic (exact) mass is 180 g/mol. The molecule has 0 saturated carbocycles. The second-order valence-corrected chi connectivity index (χ2v) is 2.29. The maximum atomic E-state index is 10.3. The number of carboxylic acids is 1. The molecule has 0 radical (unpaired) electrons. The van der Waals surface area contributed by atoms with Crippen LogP contribution in [0.4, 0.5) is 0 Å². The first-order valence-corrected chi connectivity index (χ1v) is 3.54. The summed E-state index contributed by atoms with van der Waals surface area (Å²) in [6.45, 7) is 1.21. The largest absolute Gasteiger partial charge is 0.481 e. The van der Waals surface area contributed by atoms with Gasteiger partial charge in [-0.1, -0.05) is 0 Å². The standard InChI is InChI=1S/C6H9ClO4/c1-4(8)11-5(3-7)2-6(9)10/h5H,2-3H2,1H3,(H,9,10)/t5-/m1/s1. The van der Waals surface area contributed by atoms with Gasteiger partial charge in [0.1, 0.15) is 6.10 Å². The lowest BCUT2D eigenvalue weighted by Gasteiger charge is -2.10. The molecular formula is C6H9ClO4. The van der Waals surface area contributed by atoms with Crippen LogP contribution in [0.5, 0.6) is 0 Å². The minimum absolute atomic E-state index is 0.00583. The van der Waals surface area contributed by atoms with Gasteiger partial charge in [-0.05, 0) is 0 Å². The van der Waals surface area contributed by atoms with Crippen LogP contribution in [0.1, 0.15) is 13.3 Å². The molecule has 0 aliphatic heterocycles. The fraction of sp³-hybridized carbons (Fsp3) is 0.667. The SMILES string of the molecule is CC(=O)O[C@@H](CCl)CC(=O)O. The summed E-state index contributed by atoms with van der Waals surface area (Å²) in [5.41, 5.74) is 0. The van der Waals surface area contributed by atoms with E-state index in [4.69, 9.17) is 16.7 Å². The van der Waals surface area contributed by atoms with Crippen LogP contribution < -0.4 is 0 Å². The van der Waals surface area contributed by atoms with Crippen molar-refractivity contribution < 1.29 is 19.4 Å². The van der Waals surface area contributed by atoms with E-state index >= 15 is 0 Å². The molecule has 0 unspecified atom stereocenters. The molecule has 0 aromatic carbocycles. The number of alkyl halides is 1. The first-order chi connectivity index (χ1) is 5.06. The van der Waals surface area contributed by atoms with Crippen molar-refractivity contribution in [1.29, 1.82) is 0 Å². The van der Waals surface area contributed by atoms with Crippen molar-refractivity contribution in [3.8, 4) is 0 Å². The molecule has 64 valence electrons. The highest BCUT2D eigenvalue weighted by Crippen LogP contribution is 2.01. The van der Waals surface area contributed by atoms with E-state index in [1.807, 2.05) is 0 Å². The summed E-state index contributed by atoms with van der Waals surface area (Å²) < 4.78 is 4.56. The Bertz CT molecular complexity index is 141. The third-order valence-corrected chi connectivity index (χ3v) is 1.25. The zero-order valence-electron chi connectivity index (χ0n) is 6.04. The maximum Gasteiger partial charge on any atom is 0.307 e. The van der Waals surface area contributed by atoms with Crippen molar-refractivity contribution in [2.45, 2.75) is 19.4 Å². The lowest BCUT2D eigenvalue weighted by Crippen LogP contribution is -2.21. The summed E-state index contributed by atoms with van der Waals surface area (Å²) in [4.78, 5) is 20.4. The van der Waals surface area contributed by atoms with Crippen molar-refractivity contribution in [1.82, 2.24) is 0 Å². The normalized spacial score (nSPS) is 12.2. The Labute approximate surface area is 69.1 Å². The van der Waals surface area contributed by atoms with Crippen LogP contribution in [-0.4, -0.2) is 29.0 Å². The molecule has 0 rings (SSSR count). The molecular weight excluding hydrogens is 172 g/mol. The van der Waals surface area contributed by atoms with E-state index < -0.39 is 18.0 Å². The van der Waals surface area contributed by atoms with E-state index in [1.54, 1.807) is 0 Å². The fourth-order valence-electron chi connectivity index (χ4n) is 0.557. The second kappa shape index (κ2) is 4.96. The summed E-state index contributed by atoms with van der Waals surface area (Å²) in [6, 6.07) is 0. The van der Waals surface area contributed by atoms with E-state index in [9.17, 15) is 9.59 Å². The molecule has 0 amide bonds. The summed E-state index contributed by atoms with van der Waals surface area (Å²) >= 11 is 5.32. The summed E-state index contributed by atoms with van der Waals surface area (Å²) in [7, 11) is 0. The molecule has 0 aromatic heterocycles. The molecule has 1 atom stereocenters. The van der Waals surface area contributed by atoms with Crippen LogP contribution in [0, 0.1) is 0 Å². The first kappa shape index (κ1) is 10.2. The maximum absolute atomic E-state index is 10.3. The van der Waals surface area contributed by atoms with Crippen molar-refractivity contribution in [2.75, 3.05) is 5.88 Å². The Hall–Kier alpha value is -0.770. The van der Waals surface area contributed by atoms with Gasteiger partial charge < -0.3 is 9.84 Å². The Morgan fingerprint density at radius 2 is 2.18 bits per heavy atom. The van der Waals surface area contributed by atoms with E-state index in [2.05, 4.69) is 4.74 Å². The minimum atomic E-state index is -1.03. The van der Waals surface area contributed by atoms with Crippen LogP contribution >= 0.6 is 11.6 Å². The van der Waals surface area contributed by atoms with Gasteiger partial charge >= 0.3 is 11.9 Å². The van der Waals surface area contributed by atoms with Gasteiger partial charge in [0.05, 0.1) is 12.3 Å². The highest BCUT2D eigenvalue weighted by atomic mass is 35.5. The summed E-state index contributed by atoms with van der Waals surface area (Å²) in [5.74, 6) is -1.54. The molecule has 0 saturated heterocycles. The van der Waals surface area contributed by atoms with Gasteiger partial charge in [0.2, 0.25) is 0 Å². The van der Waals surface area contributed by atoms with Crippen molar-refractivity contribution in [3.05, 3.63) is 0 Å². The van der Waals surface area contributed by atoms with Crippen LogP contribution in [-0.2, 0) is 14.3 Å². The van der Waals surface area contributed by atoms with Gasteiger partial charge in [0.25, 0.3) is 0 Å². The van der Waals surface area contributed by atoms with Gasteiger partial charge in [-0.15, -0.1) is 11.6 Å². The van der Waals surface area contributed by atoms with Crippen LogP contribution in [0.3, 0.4) is 0 Å². The predicted molar refractivity (Wildman–Crippen MR) is 38.5 cm³/mol. The van der Waals surface area contributed by atoms with Crippen molar-refractivity contribution >= 4 is 23.5 Å². The van der Waals surface area contributed by atoms with Crippen LogP contribution in [0.25, 0.3) is 0 Å². The number of ether oxygens (including phenoxy) is 1. The van der Waals surface area contributed by atoms with Gasteiger partial charge in [-0.3, -0.25) is 9.59 Å². The molecule has 0 aromatic rings. The van der Waals surface area contributed by atoms with E-state index in [0.29, 0.717) is 0 Å². The Kier molecular flexibility index (Phi) is 4.61. The van der Waals surface area contributed by atoms with Crippen molar-refractivity contribution in [2.24, 2.45) is 0 Å². The number of aliphatic carboxylic acids is 1. The minimum Gasteiger partial charge on any atom is -0.481 e. The van der Waals surface area contributed by atoms with E-state index in [1.165, 1.54) is 6.92 Å². The molecule has 11 heavy (non-hydrogen) atoms. The Balaban J connectivity index is 3.76. The number of carbonyl (C=O) groups excluding carboxylic acids is 1. The second-order valence-electron chi connectivity index (χ2n) is 1.98. The highest BCUT2D eigenvalue weighted by molar-refractivity contribution is 6.18. The smallest absolute Gasteiger partial charge is 0.307 e. The van der Waals surface area contributed by atoms with Crippen LogP contribution in [0.2, 0.25) is 0 Å². The average Bonchev–Trinajstić information content (AvgIpc) is 1.84. The number of esters is 1. The summed E-state index contributed by atoms with van der Waals surface area (Å²) in [5, 5.41) is 8.28. The van der Waals surface area contributed by atoms with Crippen molar-refractivity contribution in [3.63, 3.8) is 0 Å². The molecule has 0 heterocycles. The number of hydrogen-bond donors (Lipinski definition) is 1. The predicted octanol–water partition coefficient (Wildman–Crippen LogP) is 0.632. The third-order valence-electron chi connectivity index (χ3n) is 0.907. The summed E-state index contributed by atoms with van der Waals surface area (Å²) in [6.07, 6.45) is -0.963. The van der Waals surface area contributed by atoms with Gasteiger partial charge in [0, 0.05) is 6.92 Å². The first-order valence-electron chi connectivity index (χ1n) is 3.01. The van der Waals surface area contributed by atoms with E-state index in [-0.39, 0.29) is 12.3 Å². The molecule has 0 aliphatic rings. The topological polar surface area (TPSA) is 63.6 Å². The fourth-order valence-corrected chi connectivity index (χ4v) is 0.729. The molecule has 0 spiro atoms. The number of halogens is 1. The molecule has 4 nitrogen and oxygen atoms in total. The lowest BCUT2D eigenvalue weighted by molar-refractivity contribution is -0.149. The Morgan fingerprint density at radius 1 is 1.64 bits per heavy atom. The van der Waals surface area contributed by atoms with Gasteiger partial charge in [-0.2, -0.15) is 0 Å². The third kappa shape index (κ3) is 5.66. The molecule has 1 N–H and O–H groups in total. The number of hydrogen-bond acceptors (Lipinski definition) is 3. The molecule has 0 fully saturated rings. The van der Waals surface area contributed by atoms with Gasteiger partial charge in [0.15, 0.2) is 0 Å². The lowest BCUT2D eigenvalue weighted by atomic mass is 10.3. The molecule has 0 aliphatic carbocycles. The number of rotatable bonds is 4. The number of carbonyl (C=O) groups is 2. The quantitative estimate of drug-likeness (QED) is 0.509. The zero-order chi connectivity index (χ0) is 8.85. The number of carboxylic acid groups (broad SMARTS) is 1. The molecule has 0 bridgehead atoms. The van der Waals surface area contributed by atoms with Crippen LogP contribution in [0.15, 0.2) is 0 Å². The average molecular weight is 181 g/mol.